The number of esters is 2. The molecule has 0 aliphatic carbocycles. The van der Waals surface area contributed by atoms with Crippen molar-refractivity contribution in [2.75, 3.05) is 13.2 Å². The van der Waals surface area contributed by atoms with Gasteiger partial charge in [-0.15, -0.1) is 0 Å². The highest BCUT2D eigenvalue weighted by atomic mass is 16.6. The Hall–Kier alpha value is -1.96. The fourth-order valence-electron chi connectivity index (χ4n) is 2.63. The summed E-state index contributed by atoms with van der Waals surface area (Å²) < 4.78 is 21.2. The molecule has 1 aromatic rings. The maximum absolute atomic E-state index is 12.3. The number of carbonyl (C=O) groups is 2. The van der Waals surface area contributed by atoms with Crippen LogP contribution in [0.1, 0.15) is 17.3 Å². The summed E-state index contributed by atoms with van der Waals surface area (Å²) in [6.07, 6.45) is -2.25. The maximum Gasteiger partial charge on any atom is 0.342 e. The quantitative estimate of drug-likeness (QED) is 0.634. The van der Waals surface area contributed by atoms with E-state index >= 15 is 0 Å². The summed E-state index contributed by atoms with van der Waals surface area (Å²) in [6, 6.07) is 6.33. The van der Waals surface area contributed by atoms with Crippen molar-refractivity contribution in [1.82, 2.24) is 0 Å². The number of hydrogen-bond donors (Lipinski definition) is 1. The van der Waals surface area contributed by atoms with Crippen molar-refractivity contribution in [3.05, 3.63) is 29.8 Å². The maximum atomic E-state index is 12.3. The Morgan fingerprint density at radius 1 is 1.18 bits per heavy atom. The van der Waals surface area contributed by atoms with Crippen molar-refractivity contribution in [3.8, 4) is 5.75 Å². The predicted molar refractivity (Wildman–Crippen MR) is 72.4 cm³/mol. The molecular weight excluding hydrogens is 292 g/mol. The number of fused-ring (bicyclic) bond motifs is 1. The Bertz CT molecular complexity index is 585. The number of benzene rings is 1. The number of aliphatic hydroxyl groups excluding tert-OH is 1. The Morgan fingerprint density at radius 2 is 1.91 bits per heavy atom. The first-order valence-electron chi connectivity index (χ1n) is 6.96. The zero-order chi connectivity index (χ0) is 15.7. The molecule has 1 aromatic carbocycles. The molecule has 0 saturated carbocycles. The minimum atomic E-state index is -0.706. The molecular formula is C15H16O7. The Kier molecular flexibility index (Phi) is 4.10. The van der Waals surface area contributed by atoms with Gasteiger partial charge in [-0.2, -0.15) is 0 Å². The molecule has 4 atom stereocenters. The number of hydrogen-bond acceptors (Lipinski definition) is 7. The van der Waals surface area contributed by atoms with Crippen molar-refractivity contribution >= 4 is 11.9 Å². The number of para-hydroxylation sites is 1. The van der Waals surface area contributed by atoms with Gasteiger partial charge in [0.25, 0.3) is 0 Å². The second-order valence-corrected chi connectivity index (χ2v) is 5.20. The van der Waals surface area contributed by atoms with Crippen molar-refractivity contribution in [1.29, 1.82) is 0 Å². The van der Waals surface area contributed by atoms with Crippen LogP contribution in [0, 0.1) is 0 Å². The van der Waals surface area contributed by atoms with Crippen molar-refractivity contribution in [2.45, 2.75) is 31.3 Å². The number of ether oxygens (including phenoxy) is 4. The van der Waals surface area contributed by atoms with E-state index in [4.69, 9.17) is 18.9 Å². The third-order valence-corrected chi connectivity index (χ3v) is 3.60. The van der Waals surface area contributed by atoms with Crippen LogP contribution in [0.15, 0.2) is 24.3 Å². The zero-order valence-electron chi connectivity index (χ0n) is 11.9. The van der Waals surface area contributed by atoms with E-state index in [0.29, 0.717) is 0 Å². The lowest BCUT2D eigenvalue weighted by Crippen LogP contribution is -2.34. The SMILES string of the molecule is CC(=O)Oc1ccccc1C(=O)O[C@H]1COC2C1OC[C@H]2O. The van der Waals surface area contributed by atoms with Gasteiger partial charge in [0, 0.05) is 6.92 Å². The lowest BCUT2D eigenvalue weighted by molar-refractivity contribution is -0.131. The van der Waals surface area contributed by atoms with Gasteiger partial charge in [-0.25, -0.2) is 4.79 Å². The predicted octanol–water partition coefficient (Wildman–Crippen LogP) is 0.296. The smallest absolute Gasteiger partial charge is 0.342 e. The molecule has 1 N–H and O–H groups in total. The van der Waals surface area contributed by atoms with Gasteiger partial charge >= 0.3 is 11.9 Å². The molecule has 118 valence electrons. The average Bonchev–Trinajstić information content (AvgIpc) is 3.03. The lowest BCUT2D eigenvalue weighted by atomic mass is 10.1. The average molecular weight is 308 g/mol. The van der Waals surface area contributed by atoms with Crippen LogP contribution in [0.4, 0.5) is 0 Å². The molecule has 7 heteroatoms. The van der Waals surface area contributed by atoms with E-state index in [-0.39, 0.29) is 24.5 Å². The third kappa shape index (κ3) is 2.83. The molecule has 0 radical (unpaired) electrons. The number of carbonyl (C=O) groups excluding carboxylic acids is 2. The van der Waals surface area contributed by atoms with Crippen LogP contribution in [0.2, 0.25) is 0 Å². The largest absolute Gasteiger partial charge is 0.453 e. The van der Waals surface area contributed by atoms with Gasteiger partial charge in [0.05, 0.1) is 13.2 Å². The van der Waals surface area contributed by atoms with Crippen molar-refractivity contribution in [2.24, 2.45) is 0 Å². The van der Waals surface area contributed by atoms with E-state index in [1.165, 1.54) is 19.1 Å². The van der Waals surface area contributed by atoms with Gasteiger partial charge < -0.3 is 24.1 Å². The van der Waals surface area contributed by atoms with Crippen molar-refractivity contribution in [3.63, 3.8) is 0 Å². The summed E-state index contributed by atoms with van der Waals surface area (Å²) in [5, 5.41) is 9.66. The van der Waals surface area contributed by atoms with E-state index in [9.17, 15) is 14.7 Å². The summed E-state index contributed by atoms with van der Waals surface area (Å²) in [7, 11) is 0. The fraction of sp³-hybridized carbons (Fsp3) is 0.467. The minimum absolute atomic E-state index is 0.142. The van der Waals surface area contributed by atoms with E-state index in [1.54, 1.807) is 12.1 Å². The molecule has 2 saturated heterocycles. The monoisotopic (exact) mass is 308 g/mol. The second-order valence-electron chi connectivity index (χ2n) is 5.20. The van der Waals surface area contributed by atoms with Gasteiger partial charge in [-0.05, 0) is 12.1 Å². The summed E-state index contributed by atoms with van der Waals surface area (Å²) in [5.74, 6) is -1.01. The molecule has 2 aliphatic rings. The van der Waals surface area contributed by atoms with E-state index in [2.05, 4.69) is 0 Å². The van der Waals surface area contributed by atoms with Gasteiger partial charge in [-0.3, -0.25) is 4.79 Å². The van der Waals surface area contributed by atoms with Crippen LogP contribution in [0.3, 0.4) is 0 Å². The van der Waals surface area contributed by atoms with E-state index < -0.39 is 36.4 Å². The molecule has 0 bridgehead atoms. The number of rotatable bonds is 3. The van der Waals surface area contributed by atoms with Crippen molar-refractivity contribution < 1.29 is 33.6 Å². The summed E-state index contributed by atoms with van der Waals surface area (Å²) in [4.78, 5) is 23.4. The van der Waals surface area contributed by atoms with E-state index in [0.717, 1.165) is 0 Å². The van der Waals surface area contributed by atoms with Crippen LogP contribution in [0.25, 0.3) is 0 Å². The standard InChI is InChI=1S/C15H16O7/c1-8(16)21-11-5-3-2-4-9(11)15(18)22-12-7-20-13-10(17)6-19-14(12)13/h2-5,10,12-14,17H,6-7H2,1H3/t10-,12+,13?,14?/m1/s1. The molecule has 2 fully saturated rings. The van der Waals surface area contributed by atoms with Gasteiger partial charge in [0.1, 0.15) is 29.6 Å². The zero-order valence-corrected chi connectivity index (χ0v) is 11.9. The van der Waals surface area contributed by atoms with Crippen LogP contribution in [-0.2, 0) is 19.0 Å². The van der Waals surface area contributed by atoms with Crippen LogP contribution >= 0.6 is 0 Å². The lowest BCUT2D eigenvalue weighted by Gasteiger charge is -2.17. The summed E-state index contributed by atoms with van der Waals surface area (Å²) in [5.41, 5.74) is 0.152. The third-order valence-electron chi connectivity index (χ3n) is 3.60. The minimum Gasteiger partial charge on any atom is -0.453 e. The van der Waals surface area contributed by atoms with Crippen LogP contribution in [-0.4, -0.2) is 54.7 Å². The molecule has 0 spiro atoms. The van der Waals surface area contributed by atoms with Gasteiger partial charge in [-0.1, -0.05) is 12.1 Å². The van der Waals surface area contributed by atoms with E-state index in [1.807, 2.05) is 0 Å². The normalized spacial score (nSPS) is 29.9. The highest BCUT2D eigenvalue weighted by Crippen LogP contribution is 2.30. The topological polar surface area (TPSA) is 91.3 Å². The van der Waals surface area contributed by atoms with Crippen LogP contribution in [0.5, 0.6) is 5.75 Å². The molecule has 2 heterocycles. The Balaban J connectivity index is 1.71. The molecule has 3 rings (SSSR count). The molecule has 22 heavy (non-hydrogen) atoms. The molecule has 2 unspecified atom stereocenters. The van der Waals surface area contributed by atoms with Gasteiger partial charge in [0.15, 0.2) is 6.10 Å². The first-order valence-corrected chi connectivity index (χ1v) is 6.96. The second kappa shape index (κ2) is 6.04. The first kappa shape index (κ1) is 15.0. The first-order chi connectivity index (χ1) is 10.6. The highest BCUT2D eigenvalue weighted by Gasteiger charge is 2.49. The van der Waals surface area contributed by atoms with Crippen LogP contribution < -0.4 is 4.74 Å². The molecule has 2 aliphatic heterocycles. The Morgan fingerprint density at radius 3 is 2.68 bits per heavy atom. The Labute approximate surface area is 126 Å². The molecule has 0 amide bonds. The summed E-state index contributed by atoms with van der Waals surface area (Å²) in [6.45, 7) is 1.58. The fourth-order valence-corrected chi connectivity index (χ4v) is 2.63. The summed E-state index contributed by atoms with van der Waals surface area (Å²) >= 11 is 0. The number of aliphatic hydroxyl groups is 1. The molecule has 7 nitrogen and oxygen atoms in total. The van der Waals surface area contributed by atoms with Gasteiger partial charge in [0.2, 0.25) is 0 Å². The highest BCUT2D eigenvalue weighted by molar-refractivity contribution is 5.93. The molecule has 0 aromatic heterocycles.